The molecule has 1 heterocycles. The molecule has 0 aliphatic carbocycles. The molecule has 1 rings (SSSR count). The van der Waals surface area contributed by atoms with Gasteiger partial charge < -0.3 is 5.32 Å². The highest BCUT2D eigenvalue weighted by Crippen LogP contribution is 2.16. The second-order valence-electron chi connectivity index (χ2n) is 4.82. The van der Waals surface area contributed by atoms with Crippen LogP contribution in [0.5, 0.6) is 0 Å². The van der Waals surface area contributed by atoms with E-state index < -0.39 is 16.1 Å². The summed E-state index contributed by atoms with van der Waals surface area (Å²) in [6.07, 6.45) is 1.16. The highest BCUT2D eigenvalue weighted by molar-refractivity contribution is 7.89. The topological polar surface area (TPSA) is 66.5 Å². The Morgan fingerprint density at radius 3 is 2.65 bits per heavy atom. The highest BCUT2D eigenvalue weighted by Gasteiger charge is 2.35. The number of carbonyl (C=O) groups excluding carboxylic acids is 1. The molecule has 1 saturated heterocycles. The predicted octanol–water partition coefficient (Wildman–Crippen LogP) is 0.573. The first kappa shape index (κ1) is 14.4. The van der Waals surface area contributed by atoms with E-state index in [0.29, 0.717) is 31.8 Å². The van der Waals surface area contributed by atoms with Crippen molar-refractivity contribution in [1.82, 2.24) is 9.62 Å². The molecule has 1 aliphatic heterocycles. The fourth-order valence-corrected chi connectivity index (χ4v) is 3.92. The summed E-state index contributed by atoms with van der Waals surface area (Å²) in [6.45, 7) is 6.63. The smallest absolute Gasteiger partial charge is 0.238 e. The van der Waals surface area contributed by atoms with E-state index in [-0.39, 0.29) is 11.7 Å². The Kier molecular flexibility index (Phi) is 4.94. The van der Waals surface area contributed by atoms with Gasteiger partial charge in [-0.15, -0.1) is 0 Å². The zero-order chi connectivity index (χ0) is 13.1. The van der Waals surface area contributed by atoms with Crippen LogP contribution >= 0.6 is 0 Å². The monoisotopic (exact) mass is 262 g/mol. The van der Waals surface area contributed by atoms with Crippen molar-refractivity contribution >= 4 is 15.9 Å². The molecule has 0 aromatic carbocycles. The molecular weight excluding hydrogens is 240 g/mol. The van der Waals surface area contributed by atoms with Crippen molar-refractivity contribution in [1.29, 1.82) is 0 Å². The van der Waals surface area contributed by atoms with E-state index in [4.69, 9.17) is 0 Å². The zero-order valence-corrected chi connectivity index (χ0v) is 11.6. The molecule has 0 aromatic heterocycles. The summed E-state index contributed by atoms with van der Waals surface area (Å²) in [5.74, 6) is 0.310. The second kappa shape index (κ2) is 5.82. The normalized spacial score (nSPS) is 22.8. The Hall–Kier alpha value is -0.620. The lowest BCUT2D eigenvalue weighted by atomic mass is 10.2. The van der Waals surface area contributed by atoms with Gasteiger partial charge in [0.15, 0.2) is 0 Å². The molecule has 5 nitrogen and oxygen atoms in total. The van der Waals surface area contributed by atoms with Crippen molar-refractivity contribution in [2.75, 3.05) is 18.8 Å². The van der Waals surface area contributed by atoms with E-state index in [2.05, 4.69) is 5.32 Å². The average Bonchev–Trinajstić information content (AvgIpc) is 2.26. The molecular formula is C11H22N2O3S. The Morgan fingerprint density at radius 2 is 2.12 bits per heavy atom. The molecule has 6 heteroatoms. The quantitative estimate of drug-likeness (QED) is 0.788. The summed E-state index contributed by atoms with van der Waals surface area (Å²) in [5, 5.41) is 2.70. The second-order valence-corrected chi connectivity index (χ2v) is 6.87. The van der Waals surface area contributed by atoms with Crippen molar-refractivity contribution in [2.24, 2.45) is 5.92 Å². The number of hydrogen-bond donors (Lipinski definition) is 1. The summed E-state index contributed by atoms with van der Waals surface area (Å²) < 4.78 is 25.7. The van der Waals surface area contributed by atoms with Crippen LogP contribution < -0.4 is 5.32 Å². The summed E-state index contributed by atoms with van der Waals surface area (Å²) in [7, 11) is -3.30. The number of piperazine rings is 1. The van der Waals surface area contributed by atoms with Crippen LogP contribution in [0.1, 0.15) is 33.6 Å². The summed E-state index contributed by atoms with van der Waals surface area (Å²) in [6, 6.07) is -0.527. The maximum absolute atomic E-state index is 12.2. The number of nitrogens with zero attached hydrogens (tertiary/aromatic N) is 1. The van der Waals surface area contributed by atoms with E-state index in [1.54, 1.807) is 0 Å². The Balaban J connectivity index is 2.77. The molecule has 1 fully saturated rings. The third-order valence-corrected chi connectivity index (χ3v) is 4.88. The number of rotatable bonds is 5. The molecule has 17 heavy (non-hydrogen) atoms. The van der Waals surface area contributed by atoms with E-state index in [9.17, 15) is 13.2 Å². The van der Waals surface area contributed by atoms with E-state index in [0.717, 1.165) is 0 Å². The van der Waals surface area contributed by atoms with Gasteiger partial charge in [0, 0.05) is 13.1 Å². The SMILES string of the molecule is CCC1C(=O)NCCN1S(=O)(=O)CCC(C)C. The van der Waals surface area contributed by atoms with Crippen LogP contribution in [-0.4, -0.2) is 43.5 Å². The summed E-state index contributed by atoms with van der Waals surface area (Å²) >= 11 is 0. The lowest BCUT2D eigenvalue weighted by molar-refractivity contribution is -0.126. The Labute approximate surface area is 104 Å². The fraction of sp³-hybridized carbons (Fsp3) is 0.909. The van der Waals surface area contributed by atoms with Crippen molar-refractivity contribution in [3.63, 3.8) is 0 Å². The van der Waals surface area contributed by atoms with Crippen LogP contribution in [0.15, 0.2) is 0 Å². The van der Waals surface area contributed by atoms with Gasteiger partial charge in [0.25, 0.3) is 0 Å². The van der Waals surface area contributed by atoms with Gasteiger partial charge in [-0.3, -0.25) is 4.79 Å². The zero-order valence-electron chi connectivity index (χ0n) is 10.8. The minimum absolute atomic E-state index is 0.133. The fourth-order valence-electron chi connectivity index (χ4n) is 1.92. The molecule has 1 N–H and O–H groups in total. The van der Waals surface area contributed by atoms with Crippen LogP contribution in [-0.2, 0) is 14.8 Å². The minimum Gasteiger partial charge on any atom is -0.353 e. The van der Waals surface area contributed by atoms with Gasteiger partial charge in [0.1, 0.15) is 6.04 Å². The predicted molar refractivity (Wildman–Crippen MR) is 67.0 cm³/mol. The molecule has 100 valence electrons. The lowest BCUT2D eigenvalue weighted by Gasteiger charge is -2.33. The molecule has 0 aromatic rings. The highest BCUT2D eigenvalue weighted by atomic mass is 32.2. The van der Waals surface area contributed by atoms with Crippen molar-refractivity contribution in [3.8, 4) is 0 Å². The third-order valence-electron chi connectivity index (χ3n) is 2.98. The number of amides is 1. The number of nitrogens with one attached hydrogen (secondary N) is 1. The maximum Gasteiger partial charge on any atom is 0.238 e. The summed E-state index contributed by atoms with van der Waals surface area (Å²) in [5.41, 5.74) is 0. The standard InChI is InChI=1S/C11H22N2O3S/c1-4-10-11(14)12-6-7-13(10)17(15,16)8-5-9(2)3/h9-10H,4-8H2,1-3H3,(H,12,14). The Morgan fingerprint density at radius 1 is 1.47 bits per heavy atom. The van der Waals surface area contributed by atoms with Gasteiger partial charge in [-0.25, -0.2) is 8.42 Å². The molecule has 0 bridgehead atoms. The van der Waals surface area contributed by atoms with Crippen LogP contribution in [0.2, 0.25) is 0 Å². The van der Waals surface area contributed by atoms with E-state index in [1.165, 1.54) is 4.31 Å². The van der Waals surface area contributed by atoms with Gasteiger partial charge in [-0.2, -0.15) is 4.31 Å². The average molecular weight is 262 g/mol. The summed E-state index contributed by atoms with van der Waals surface area (Å²) in [4.78, 5) is 11.6. The van der Waals surface area contributed by atoms with Crippen molar-refractivity contribution < 1.29 is 13.2 Å². The first-order valence-electron chi connectivity index (χ1n) is 6.15. The number of hydrogen-bond acceptors (Lipinski definition) is 3. The van der Waals surface area contributed by atoms with Gasteiger partial charge in [0.2, 0.25) is 15.9 Å². The van der Waals surface area contributed by atoms with Gasteiger partial charge >= 0.3 is 0 Å². The van der Waals surface area contributed by atoms with E-state index >= 15 is 0 Å². The molecule has 1 amide bonds. The molecule has 0 saturated carbocycles. The first-order valence-corrected chi connectivity index (χ1v) is 7.76. The van der Waals surface area contributed by atoms with Crippen LogP contribution in [0.4, 0.5) is 0 Å². The molecule has 0 radical (unpaired) electrons. The van der Waals surface area contributed by atoms with Crippen LogP contribution in [0.3, 0.4) is 0 Å². The van der Waals surface area contributed by atoms with E-state index in [1.807, 2.05) is 20.8 Å². The van der Waals surface area contributed by atoms with Crippen LogP contribution in [0, 0.1) is 5.92 Å². The third kappa shape index (κ3) is 3.67. The van der Waals surface area contributed by atoms with Crippen LogP contribution in [0.25, 0.3) is 0 Å². The molecule has 1 aliphatic rings. The Bertz CT molecular complexity index is 365. The molecule has 1 atom stereocenters. The largest absolute Gasteiger partial charge is 0.353 e. The van der Waals surface area contributed by atoms with Gasteiger partial charge in [-0.05, 0) is 18.8 Å². The van der Waals surface area contributed by atoms with Crippen molar-refractivity contribution in [3.05, 3.63) is 0 Å². The molecule has 0 spiro atoms. The van der Waals surface area contributed by atoms with Gasteiger partial charge in [-0.1, -0.05) is 20.8 Å². The van der Waals surface area contributed by atoms with Crippen molar-refractivity contribution in [2.45, 2.75) is 39.7 Å². The molecule has 1 unspecified atom stereocenters. The number of sulfonamides is 1. The minimum atomic E-state index is -3.30. The lowest BCUT2D eigenvalue weighted by Crippen LogP contribution is -2.57. The number of carbonyl (C=O) groups is 1. The van der Waals surface area contributed by atoms with Gasteiger partial charge in [0.05, 0.1) is 5.75 Å². The maximum atomic E-state index is 12.2. The first-order chi connectivity index (χ1) is 7.88.